The molecule has 8 nitrogen and oxygen atoms in total. The Morgan fingerprint density at radius 3 is 2.72 bits per heavy atom. The molecule has 0 atom stereocenters. The molecule has 0 spiro atoms. The molecule has 3 rings (SSSR count). The van der Waals surface area contributed by atoms with Crippen LogP contribution in [0, 0.1) is 10.1 Å². The topological polar surface area (TPSA) is 104 Å². The fourth-order valence-electron chi connectivity index (χ4n) is 2.33. The maximum Gasteiger partial charge on any atom is 0.311 e. The number of rotatable bonds is 4. The van der Waals surface area contributed by atoms with Crippen LogP contribution in [0.4, 0.5) is 5.69 Å². The highest BCUT2D eigenvalue weighted by Gasteiger charge is 2.23. The van der Waals surface area contributed by atoms with Crippen LogP contribution in [0.3, 0.4) is 0 Å². The van der Waals surface area contributed by atoms with E-state index in [-0.39, 0.29) is 17.1 Å². The van der Waals surface area contributed by atoms with Gasteiger partial charge in [-0.3, -0.25) is 24.1 Å². The average molecular weight is 404 g/mol. The zero-order valence-electron chi connectivity index (χ0n) is 12.8. The van der Waals surface area contributed by atoms with E-state index in [1.54, 1.807) is 28.8 Å². The number of hydrogen-bond donors (Lipinski definition) is 0. The number of ether oxygens (including phenoxy) is 1. The number of benzene rings is 1. The van der Waals surface area contributed by atoms with Crippen LogP contribution in [-0.4, -0.2) is 26.1 Å². The number of nitro groups is 1. The van der Waals surface area contributed by atoms with Crippen molar-refractivity contribution in [2.75, 3.05) is 0 Å². The zero-order valence-corrected chi connectivity index (χ0v) is 14.4. The summed E-state index contributed by atoms with van der Waals surface area (Å²) in [7, 11) is 0. The lowest BCUT2D eigenvalue weighted by Crippen LogP contribution is -2.09. The molecule has 2 heterocycles. The molecule has 0 aliphatic carbocycles. The van der Waals surface area contributed by atoms with Gasteiger partial charge in [-0.2, -0.15) is 0 Å². The number of aromatic nitrogens is 2. The highest BCUT2D eigenvalue weighted by Crippen LogP contribution is 2.29. The van der Waals surface area contributed by atoms with Gasteiger partial charge in [0.15, 0.2) is 5.82 Å². The fraction of sp³-hybridized carbons (Fsp3) is 0.0625. The third-order valence-electron chi connectivity index (χ3n) is 3.38. The molecule has 0 radical (unpaired) electrons. The molecular weight excluding hydrogens is 394 g/mol. The van der Waals surface area contributed by atoms with Crippen molar-refractivity contribution in [2.24, 2.45) is 0 Å². The summed E-state index contributed by atoms with van der Waals surface area (Å²) in [5.74, 6) is -1.34. The Bertz CT molecular complexity index is 1030. The maximum absolute atomic E-state index is 12.8. The summed E-state index contributed by atoms with van der Waals surface area (Å²) in [6.07, 6.45) is 1.68. The SMILES string of the molecule is CC(=O)Oc1cc(C(=O)c2nc(Br)c3ccccn23)ccc1[N+](=O)[O-]. The molecule has 0 aliphatic rings. The lowest BCUT2D eigenvalue weighted by Gasteiger charge is -2.05. The summed E-state index contributed by atoms with van der Waals surface area (Å²) >= 11 is 3.29. The molecule has 9 heteroatoms. The van der Waals surface area contributed by atoms with Gasteiger partial charge >= 0.3 is 11.7 Å². The molecule has 126 valence electrons. The lowest BCUT2D eigenvalue weighted by molar-refractivity contribution is -0.385. The summed E-state index contributed by atoms with van der Waals surface area (Å²) in [5, 5.41) is 11.0. The van der Waals surface area contributed by atoms with Gasteiger partial charge in [0, 0.05) is 24.8 Å². The van der Waals surface area contributed by atoms with Crippen molar-refractivity contribution in [2.45, 2.75) is 6.92 Å². The first-order chi connectivity index (χ1) is 11.9. The zero-order chi connectivity index (χ0) is 18.1. The highest BCUT2D eigenvalue weighted by atomic mass is 79.9. The van der Waals surface area contributed by atoms with Crippen molar-refractivity contribution in [1.29, 1.82) is 0 Å². The van der Waals surface area contributed by atoms with E-state index in [4.69, 9.17) is 4.74 Å². The summed E-state index contributed by atoms with van der Waals surface area (Å²) in [5.41, 5.74) is 0.416. The first-order valence-electron chi connectivity index (χ1n) is 7.02. The molecule has 0 amide bonds. The largest absolute Gasteiger partial charge is 0.419 e. The number of fused-ring (bicyclic) bond motifs is 1. The second-order valence-corrected chi connectivity index (χ2v) is 5.80. The number of carbonyl (C=O) groups excluding carboxylic acids is 2. The van der Waals surface area contributed by atoms with Crippen molar-refractivity contribution in [3.8, 4) is 5.75 Å². The first kappa shape index (κ1) is 16.8. The summed E-state index contributed by atoms with van der Waals surface area (Å²) in [4.78, 5) is 38.5. The van der Waals surface area contributed by atoms with Crippen LogP contribution in [0.2, 0.25) is 0 Å². The van der Waals surface area contributed by atoms with Gasteiger partial charge in [0.1, 0.15) is 4.60 Å². The van der Waals surface area contributed by atoms with Crippen molar-refractivity contribution in [3.63, 3.8) is 0 Å². The lowest BCUT2D eigenvalue weighted by atomic mass is 10.1. The minimum Gasteiger partial charge on any atom is -0.419 e. The van der Waals surface area contributed by atoms with E-state index in [0.29, 0.717) is 10.1 Å². The Kier molecular flexibility index (Phi) is 4.32. The van der Waals surface area contributed by atoms with Crippen molar-refractivity contribution < 1.29 is 19.2 Å². The molecule has 0 saturated heterocycles. The third-order valence-corrected chi connectivity index (χ3v) is 3.96. The Labute approximate surface area is 149 Å². The molecule has 0 fully saturated rings. The van der Waals surface area contributed by atoms with Crippen molar-refractivity contribution in [3.05, 3.63) is 68.7 Å². The van der Waals surface area contributed by atoms with Crippen LogP contribution in [0.1, 0.15) is 23.1 Å². The standard InChI is InChI=1S/C16H10BrN3O5/c1-9(21)25-13-8-10(5-6-11(13)20(23)24)14(22)16-18-15(17)12-4-2-3-7-19(12)16/h2-8H,1H3. The molecule has 3 aromatic rings. The van der Waals surface area contributed by atoms with Crippen LogP contribution in [-0.2, 0) is 4.79 Å². The quantitative estimate of drug-likeness (QED) is 0.218. The van der Waals surface area contributed by atoms with Crippen LogP contribution < -0.4 is 4.74 Å². The fourth-order valence-corrected chi connectivity index (χ4v) is 2.82. The van der Waals surface area contributed by atoms with E-state index in [1.807, 2.05) is 0 Å². The van der Waals surface area contributed by atoms with Gasteiger partial charge in [-0.25, -0.2) is 4.98 Å². The van der Waals surface area contributed by atoms with Crippen molar-refractivity contribution >= 4 is 38.9 Å². The molecule has 0 aliphatic heterocycles. The van der Waals surface area contributed by atoms with Gasteiger partial charge in [0.05, 0.1) is 10.4 Å². The second kappa shape index (κ2) is 6.44. The van der Waals surface area contributed by atoms with E-state index in [1.165, 1.54) is 12.1 Å². The van der Waals surface area contributed by atoms with E-state index in [9.17, 15) is 19.7 Å². The van der Waals surface area contributed by atoms with E-state index < -0.39 is 22.4 Å². The van der Waals surface area contributed by atoms with Crippen LogP contribution in [0.25, 0.3) is 5.52 Å². The van der Waals surface area contributed by atoms with Gasteiger partial charge in [-0.05, 0) is 40.2 Å². The predicted molar refractivity (Wildman–Crippen MR) is 90.7 cm³/mol. The monoisotopic (exact) mass is 403 g/mol. The number of esters is 1. The van der Waals surface area contributed by atoms with E-state index >= 15 is 0 Å². The smallest absolute Gasteiger partial charge is 0.311 e. The van der Waals surface area contributed by atoms with Crippen LogP contribution in [0.5, 0.6) is 5.75 Å². The number of pyridine rings is 1. The molecule has 2 aromatic heterocycles. The molecule has 0 N–H and O–H groups in total. The van der Waals surface area contributed by atoms with Gasteiger partial charge < -0.3 is 4.74 Å². The van der Waals surface area contributed by atoms with Gasteiger partial charge in [-0.15, -0.1) is 0 Å². The predicted octanol–water partition coefficient (Wildman–Crippen LogP) is 3.16. The van der Waals surface area contributed by atoms with Crippen LogP contribution >= 0.6 is 15.9 Å². The van der Waals surface area contributed by atoms with Gasteiger partial charge in [-0.1, -0.05) is 6.07 Å². The number of hydrogen-bond acceptors (Lipinski definition) is 6. The van der Waals surface area contributed by atoms with E-state index in [2.05, 4.69) is 20.9 Å². The van der Waals surface area contributed by atoms with Crippen LogP contribution in [0.15, 0.2) is 47.2 Å². The Hall–Kier alpha value is -3.07. The molecular formula is C16H10BrN3O5. The molecule has 0 unspecified atom stereocenters. The summed E-state index contributed by atoms with van der Waals surface area (Å²) in [6, 6.07) is 8.92. The maximum atomic E-state index is 12.8. The highest BCUT2D eigenvalue weighted by molar-refractivity contribution is 9.10. The molecule has 25 heavy (non-hydrogen) atoms. The number of nitrogens with zero attached hydrogens (tertiary/aromatic N) is 3. The second-order valence-electron chi connectivity index (χ2n) is 5.04. The Balaban J connectivity index is 2.10. The molecule has 0 bridgehead atoms. The Morgan fingerprint density at radius 1 is 1.28 bits per heavy atom. The minimum absolute atomic E-state index is 0.116. The van der Waals surface area contributed by atoms with Crippen molar-refractivity contribution in [1.82, 2.24) is 9.38 Å². The number of carbonyl (C=O) groups is 2. The Morgan fingerprint density at radius 2 is 2.04 bits per heavy atom. The number of imidazole rings is 1. The number of ketones is 1. The molecule has 1 aromatic carbocycles. The average Bonchev–Trinajstić information content (AvgIpc) is 2.91. The number of halogens is 1. The van der Waals surface area contributed by atoms with Gasteiger partial charge in [0.25, 0.3) is 0 Å². The third kappa shape index (κ3) is 3.13. The number of nitro benzene ring substituents is 1. The first-order valence-corrected chi connectivity index (χ1v) is 7.82. The summed E-state index contributed by atoms with van der Waals surface area (Å²) in [6.45, 7) is 1.12. The molecule has 0 saturated carbocycles. The minimum atomic E-state index is -0.721. The normalized spacial score (nSPS) is 10.6. The van der Waals surface area contributed by atoms with E-state index in [0.717, 1.165) is 13.0 Å². The summed E-state index contributed by atoms with van der Waals surface area (Å²) < 4.78 is 6.95. The van der Waals surface area contributed by atoms with Gasteiger partial charge in [0.2, 0.25) is 11.5 Å².